The summed E-state index contributed by atoms with van der Waals surface area (Å²) in [5.41, 5.74) is 1.84. The maximum absolute atomic E-state index is 13.0. The molecule has 0 bridgehead atoms. The molecule has 0 spiro atoms. The molecule has 0 saturated carbocycles. The molecule has 0 saturated heterocycles. The fourth-order valence-electron chi connectivity index (χ4n) is 2.71. The van der Waals surface area contributed by atoms with Gasteiger partial charge in [-0.3, -0.25) is 4.79 Å². The molecule has 0 atom stereocenters. The predicted octanol–water partition coefficient (Wildman–Crippen LogP) is 3.52. The number of aromatic nitrogens is 3. The van der Waals surface area contributed by atoms with Crippen LogP contribution in [0, 0.1) is 6.92 Å². The Kier molecular flexibility index (Phi) is 6.21. The smallest absolute Gasteiger partial charge is 0.293 e. The van der Waals surface area contributed by atoms with Gasteiger partial charge in [0.15, 0.2) is 0 Å². The lowest BCUT2D eigenvalue weighted by Gasteiger charge is -2.21. The highest BCUT2D eigenvalue weighted by atomic mass is 35.5. The summed E-state index contributed by atoms with van der Waals surface area (Å²) in [5, 5.41) is 5.05. The molecule has 27 heavy (non-hydrogen) atoms. The standard InChI is InChI=1S/C20H21ClN4O2/c1-15-22-19(23-25(15)18-10-8-17(21)9-11-18)20(26)24(12-13-27-2)14-16-6-4-3-5-7-16/h3-11H,12-14H2,1-2H3. The summed E-state index contributed by atoms with van der Waals surface area (Å²) >= 11 is 5.94. The van der Waals surface area contributed by atoms with E-state index in [2.05, 4.69) is 10.1 Å². The molecule has 0 aliphatic heterocycles. The van der Waals surface area contributed by atoms with Crippen LogP contribution in [0.25, 0.3) is 5.69 Å². The second kappa shape index (κ2) is 8.79. The predicted molar refractivity (Wildman–Crippen MR) is 104 cm³/mol. The molecule has 3 rings (SSSR count). The van der Waals surface area contributed by atoms with Crippen LogP contribution in [-0.4, -0.2) is 45.8 Å². The maximum atomic E-state index is 13.0. The summed E-state index contributed by atoms with van der Waals surface area (Å²) in [4.78, 5) is 19.1. The lowest BCUT2D eigenvalue weighted by molar-refractivity contribution is 0.0668. The molecule has 1 aromatic heterocycles. The first kappa shape index (κ1) is 19.1. The summed E-state index contributed by atoms with van der Waals surface area (Å²) in [6.07, 6.45) is 0. The number of carbonyl (C=O) groups excluding carboxylic acids is 1. The third-order valence-electron chi connectivity index (χ3n) is 4.10. The van der Waals surface area contributed by atoms with Gasteiger partial charge in [-0.05, 0) is 36.8 Å². The number of hydrogen-bond acceptors (Lipinski definition) is 4. The van der Waals surface area contributed by atoms with Crippen molar-refractivity contribution in [3.63, 3.8) is 0 Å². The lowest BCUT2D eigenvalue weighted by atomic mass is 10.2. The number of benzene rings is 2. The molecule has 0 radical (unpaired) electrons. The molecule has 0 N–H and O–H groups in total. The van der Waals surface area contributed by atoms with Crippen LogP contribution in [0.15, 0.2) is 54.6 Å². The topological polar surface area (TPSA) is 60.2 Å². The van der Waals surface area contributed by atoms with Crippen molar-refractivity contribution < 1.29 is 9.53 Å². The van der Waals surface area contributed by atoms with E-state index in [0.717, 1.165) is 11.3 Å². The Labute approximate surface area is 163 Å². The Hall–Kier alpha value is -2.70. The van der Waals surface area contributed by atoms with Gasteiger partial charge in [0.1, 0.15) is 5.82 Å². The van der Waals surface area contributed by atoms with Crippen LogP contribution in [0.2, 0.25) is 5.02 Å². The normalized spacial score (nSPS) is 10.8. The van der Waals surface area contributed by atoms with Gasteiger partial charge in [-0.25, -0.2) is 9.67 Å². The maximum Gasteiger partial charge on any atom is 0.293 e. The highest BCUT2D eigenvalue weighted by Crippen LogP contribution is 2.15. The van der Waals surface area contributed by atoms with Crippen molar-refractivity contribution >= 4 is 17.5 Å². The first-order valence-electron chi connectivity index (χ1n) is 8.60. The Morgan fingerprint density at radius 3 is 2.52 bits per heavy atom. The lowest BCUT2D eigenvalue weighted by Crippen LogP contribution is -2.34. The van der Waals surface area contributed by atoms with Crippen LogP contribution < -0.4 is 0 Å². The van der Waals surface area contributed by atoms with Gasteiger partial charge in [0, 0.05) is 25.2 Å². The largest absolute Gasteiger partial charge is 0.383 e. The number of carbonyl (C=O) groups is 1. The molecule has 2 aromatic carbocycles. The van der Waals surface area contributed by atoms with Gasteiger partial charge >= 0.3 is 0 Å². The molecule has 0 aliphatic carbocycles. The van der Waals surface area contributed by atoms with Crippen molar-refractivity contribution in [2.75, 3.05) is 20.3 Å². The van der Waals surface area contributed by atoms with Crippen molar-refractivity contribution in [3.8, 4) is 5.69 Å². The van der Waals surface area contributed by atoms with Gasteiger partial charge in [0.25, 0.3) is 5.91 Å². The molecular formula is C20H21ClN4O2. The van der Waals surface area contributed by atoms with E-state index in [4.69, 9.17) is 16.3 Å². The van der Waals surface area contributed by atoms with Crippen molar-refractivity contribution in [2.45, 2.75) is 13.5 Å². The van der Waals surface area contributed by atoms with E-state index in [9.17, 15) is 4.79 Å². The average Bonchev–Trinajstić information content (AvgIpc) is 3.07. The number of nitrogens with zero attached hydrogens (tertiary/aromatic N) is 4. The summed E-state index contributed by atoms with van der Waals surface area (Å²) in [6.45, 7) is 3.18. The molecule has 1 heterocycles. The van der Waals surface area contributed by atoms with Crippen LogP contribution in [0.1, 0.15) is 22.0 Å². The number of halogens is 1. The molecule has 3 aromatic rings. The van der Waals surface area contributed by atoms with Gasteiger partial charge in [-0.2, -0.15) is 0 Å². The fraction of sp³-hybridized carbons (Fsp3) is 0.250. The molecule has 0 fully saturated rings. The van der Waals surface area contributed by atoms with Crippen molar-refractivity contribution in [1.82, 2.24) is 19.7 Å². The van der Waals surface area contributed by atoms with Crippen LogP contribution in [0.3, 0.4) is 0 Å². The van der Waals surface area contributed by atoms with E-state index in [0.29, 0.717) is 30.5 Å². The number of aryl methyl sites for hydroxylation is 1. The molecule has 6 nitrogen and oxygen atoms in total. The Bertz CT molecular complexity index is 894. The summed E-state index contributed by atoms with van der Waals surface area (Å²) in [6, 6.07) is 17.0. The number of amides is 1. The van der Waals surface area contributed by atoms with Crippen molar-refractivity contribution in [3.05, 3.63) is 76.8 Å². The minimum absolute atomic E-state index is 0.162. The first-order chi connectivity index (χ1) is 13.1. The van der Waals surface area contributed by atoms with Crippen LogP contribution >= 0.6 is 11.6 Å². The van der Waals surface area contributed by atoms with Crippen LogP contribution in [0.5, 0.6) is 0 Å². The SMILES string of the molecule is COCCN(Cc1ccccc1)C(=O)c1nc(C)n(-c2ccc(Cl)cc2)n1. The van der Waals surface area contributed by atoms with Gasteiger partial charge in [0.05, 0.1) is 12.3 Å². The van der Waals surface area contributed by atoms with Gasteiger partial charge in [-0.15, -0.1) is 5.10 Å². The quantitative estimate of drug-likeness (QED) is 0.625. The van der Waals surface area contributed by atoms with E-state index in [-0.39, 0.29) is 11.7 Å². The molecule has 140 valence electrons. The second-order valence-corrected chi connectivity index (χ2v) is 6.51. The molecule has 7 heteroatoms. The molecule has 0 unspecified atom stereocenters. The van der Waals surface area contributed by atoms with E-state index < -0.39 is 0 Å². The van der Waals surface area contributed by atoms with Crippen LogP contribution in [-0.2, 0) is 11.3 Å². The minimum Gasteiger partial charge on any atom is -0.383 e. The third kappa shape index (κ3) is 4.72. The van der Waals surface area contributed by atoms with Gasteiger partial charge in [-0.1, -0.05) is 41.9 Å². The number of ether oxygens (including phenoxy) is 1. The minimum atomic E-state index is -0.230. The number of rotatable bonds is 7. The number of methoxy groups -OCH3 is 1. The highest BCUT2D eigenvalue weighted by Gasteiger charge is 2.22. The monoisotopic (exact) mass is 384 g/mol. The zero-order valence-electron chi connectivity index (χ0n) is 15.3. The van der Waals surface area contributed by atoms with Crippen molar-refractivity contribution in [2.24, 2.45) is 0 Å². The van der Waals surface area contributed by atoms with Gasteiger partial charge in [0.2, 0.25) is 5.82 Å². The van der Waals surface area contributed by atoms with E-state index >= 15 is 0 Å². The Morgan fingerprint density at radius 1 is 1.15 bits per heavy atom. The first-order valence-corrected chi connectivity index (χ1v) is 8.98. The van der Waals surface area contributed by atoms with Gasteiger partial charge < -0.3 is 9.64 Å². The summed E-state index contributed by atoms with van der Waals surface area (Å²) in [5.74, 6) is 0.563. The Morgan fingerprint density at radius 2 is 1.85 bits per heavy atom. The zero-order chi connectivity index (χ0) is 19.2. The second-order valence-electron chi connectivity index (χ2n) is 6.08. The number of hydrogen-bond donors (Lipinski definition) is 0. The highest BCUT2D eigenvalue weighted by molar-refractivity contribution is 6.30. The summed E-state index contributed by atoms with van der Waals surface area (Å²) < 4.78 is 6.79. The molecule has 0 aliphatic rings. The Balaban J connectivity index is 1.85. The zero-order valence-corrected chi connectivity index (χ0v) is 16.1. The van der Waals surface area contributed by atoms with Crippen molar-refractivity contribution in [1.29, 1.82) is 0 Å². The average molecular weight is 385 g/mol. The molecule has 1 amide bonds. The fourth-order valence-corrected chi connectivity index (χ4v) is 2.83. The summed E-state index contributed by atoms with van der Waals surface area (Å²) in [7, 11) is 1.61. The van der Waals surface area contributed by atoms with E-state index in [1.807, 2.05) is 49.4 Å². The molecular weight excluding hydrogens is 364 g/mol. The van der Waals surface area contributed by atoms with E-state index in [1.54, 1.807) is 28.8 Å². The third-order valence-corrected chi connectivity index (χ3v) is 4.35. The van der Waals surface area contributed by atoms with Crippen LogP contribution in [0.4, 0.5) is 0 Å². The van der Waals surface area contributed by atoms with E-state index in [1.165, 1.54) is 0 Å².